The Balaban J connectivity index is 2.03. The molecule has 18 heavy (non-hydrogen) atoms. The van der Waals surface area contributed by atoms with Crippen LogP contribution in [0.5, 0.6) is 0 Å². The highest BCUT2D eigenvalue weighted by Gasteiger charge is 2.24. The number of Topliss-reactive ketones (excluding diaryl/α,β-unsaturated/α-hetero) is 1. The Morgan fingerprint density at radius 2 is 1.83 bits per heavy atom. The number of hydrogen-bond donors (Lipinski definition) is 1. The number of carboxylic acid groups (broad SMARTS) is 1. The molecule has 1 aromatic rings. The van der Waals surface area contributed by atoms with Crippen molar-refractivity contribution in [2.24, 2.45) is 5.16 Å². The van der Waals surface area contributed by atoms with E-state index >= 15 is 0 Å². The second kappa shape index (κ2) is 5.00. The molecule has 0 radical (unpaired) electrons. The van der Waals surface area contributed by atoms with E-state index in [1.807, 2.05) is 24.3 Å². The van der Waals surface area contributed by atoms with Crippen LogP contribution in [-0.4, -0.2) is 28.7 Å². The van der Waals surface area contributed by atoms with Gasteiger partial charge in [0.15, 0.2) is 5.78 Å². The maximum Gasteiger partial charge on any atom is 0.361 e. The third-order valence-electron chi connectivity index (χ3n) is 2.84. The monoisotopic (exact) mass is 247 g/mol. The molecule has 0 saturated carbocycles. The molecule has 0 aliphatic heterocycles. The zero-order valence-corrected chi connectivity index (χ0v) is 9.92. The minimum atomic E-state index is -1.36. The number of carbonyl (C=O) groups is 2. The lowest BCUT2D eigenvalue weighted by molar-refractivity contribution is -0.130. The minimum Gasteiger partial charge on any atom is -0.476 e. The Hall–Kier alpha value is -2.17. The normalized spacial score (nSPS) is 15.3. The van der Waals surface area contributed by atoms with E-state index in [0.717, 1.165) is 6.92 Å². The van der Waals surface area contributed by atoms with Gasteiger partial charge in [0, 0.05) is 19.8 Å². The SMILES string of the molecule is CC(=O)C(=NOC1Cc2ccccc2C1)C(=O)O. The summed E-state index contributed by atoms with van der Waals surface area (Å²) in [5.74, 6) is -1.98. The smallest absolute Gasteiger partial charge is 0.361 e. The average molecular weight is 247 g/mol. The Labute approximate surface area is 104 Å². The van der Waals surface area contributed by atoms with Gasteiger partial charge in [0.2, 0.25) is 5.71 Å². The summed E-state index contributed by atoms with van der Waals surface area (Å²) in [6.45, 7) is 1.15. The summed E-state index contributed by atoms with van der Waals surface area (Å²) < 4.78 is 0. The third-order valence-corrected chi connectivity index (χ3v) is 2.84. The van der Waals surface area contributed by atoms with Crippen molar-refractivity contribution in [3.05, 3.63) is 35.4 Å². The van der Waals surface area contributed by atoms with Crippen molar-refractivity contribution >= 4 is 17.5 Å². The van der Waals surface area contributed by atoms with Crippen LogP contribution in [0.1, 0.15) is 18.1 Å². The lowest BCUT2D eigenvalue weighted by Gasteiger charge is -2.06. The molecule has 0 fully saturated rings. The molecule has 5 nitrogen and oxygen atoms in total. The quantitative estimate of drug-likeness (QED) is 0.492. The van der Waals surface area contributed by atoms with E-state index in [9.17, 15) is 9.59 Å². The number of rotatable bonds is 4. The van der Waals surface area contributed by atoms with Crippen LogP contribution in [0.3, 0.4) is 0 Å². The van der Waals surface area contributed by atoms with Gasteiger partial charge in [0.05, 0.1) is 0 Å². The second-order valence-corrected chi connectivity index (χ2v) is 4.21. The predicted octanol–water partition coefficient (Wildman–Crippen LogP) is 1.20. The van der Waals surface area contributed by atoms with Gasteiger partial charge in [-0.15, -0.1) is 0 Å². The molecule has 0 saturated heterocycles. The zero-order valence-electron chi connectivity index (χ0n) is 9.92. The van der Waals surface area contributed by atoms with Crippen LogP contribution in [0.25, 0.3) is 0 Å². The lowest BCUT2D eigenvalue weighted by Crippen LogP contribution is -2.23. The standard InChI is InChI=1S/C13H13NO4/c1-8(15)12(13(16)17)14-18-11-6-9-4-2-3-5-10(9)7-11/h2-5,11H,6-7H2,1H3,(H,16,17). The van der Waals surface area contributed by atoms with Gasteiger partial charge < -0.3 is 9.94 Å². The van der Waals surface area contributed by atoms with Gasteiger partial charge in [-0.1, -0.05) is 29.4 Å². The Morgan fingerprint density at radius 3 is 2.28 bits per heavy atom. The molecule has 0 aromatic heterocycles. The van der Waals surface area contributed by atoms with E-state index in [1.165, 1.54) is 11.1 Å². The summed E-state index contributed by atoms with van der Waals surface area (Å²) in [5.41, 5.74) is 1.79. The summed E-state index contributed by atoms with van der Waals surface area (Å²) in [4.78, 5) is 26.9. The van der Waals surface area contributed by atoms with Crippen LogP contribution in [0, 0.1) is 0 Å². The molecule has 1 aliphatic carbocycles. The zero-order chi connectivity index (χ0) is 13.1. The molecule has 94 valence electrons. The molecule has 0 spiro atoms. The molecule has 0 atom stereocenters. The fourth-order valence-electron chi connectivity index (χ4n) is 1.97. The first-order chi connectivity index (χ1) is 8.58. The molecule has 1 aromatic carbocycles. The minimum absolute atomic E-state index is 0.198. The number of carbonyl (C=O) groups excluding carboxylic acids is 1. The van der Waals surface area contributed by atoms with Crippen LogP contribution in [0.15, 0.2) is 29.4 Å². The summed E-state index contributed by atoms with van der Waals surface area (Å²) in [6, 6.07) is 7.91. The number of nitrogens with zero attached hydrogens (tertiary/aromatic N) is 1. The van der Waals surface area contributed by atoms with Crippen LogP contribution < -0.4 is 0 Å². The first-order valence-electron chi connectivity index (χ1n) is 5.62. The van der Waals surface area contributed by atoms with Gasteiger partial charge >= 0.3 is 5.97 Å². The molecular formula is C13H13NO4. The van der Waals surface area contributed by atoms with Gasteiger partial charge in [-0.25, -0.2) is 4.79 Å². The van der Waals surface area contributed by atoms with Crippen molar-refractivity contribution in [2.45, 2.75) is 25.9 Å². The summed E-state index contributed by atoms with van der Waals surface area (Å²) in [5, 5.41) is 12.2. The van der Waals surface area contributed by atoms with Crippen molar-refractivity contribution in [1.82, 2.24) is 0 Å². The topological polar surface area (TPSA) is 76.0 Å². The maximum atomic E-state index is 11.0. The van der Waals surface area contributed by atoms with Gasteiger partial charge in [-0.05, 0) is 11.1 Å². The number of fused-ring (bicyclic) bond motifs is 1. The Kier molecular flexibility index (Phi) is 3.41. The van der Waals surface area contributed by atoms with Crippen molar-refractivity contribution in [3.8, 4) is 0 Å². The van der Waals surface area contributed by atoms with Crippen LogP contribution in [0.2, 0.25) is 0 Å². The van der Waals surface area contributed by atoms with Crippen molar-refractivity contribution in [3.63, 3.8) is 0 Å². The van der Waals surface area contributed by atoms with Crippen LogP contribution in [-0.2, 0) is 27.3 Å². The highest BCUT2D eigenvalue weighted by atomic mass is 16.6. The summed E-state index contributed by atoms with van der Waals surface area (Å²) >= 11 is 0. The predicted molar refractivity (Wildman–Crippen MR) is 64.5 cm³/mol. The maximum absolute atomic E-state index is 11.0. The highest BCUT2D eigenvalue weighted by Crippen LogP contribution is 2.23. The van der Waals surface area contributed by atoms with Crippen molar-refractivity contribution in [2.75, 3.05) is 0 Å². The molecule has 1 aliphatic rings. The number of oxime groups is 1. The van der Waals surface area contributed by atoms with Crippen LogP contribution >= 0.6 is 0 Å². The fourth-order valence-corrected chi connectivity index (χ4v) is 1.97. The number of aliphatic carboxylic acids is 1. The van der Waals surface area contributed by atoms with Gasteiger partial charge in [-0.3, -0.25) is 4.79 Å². The lowest BCUT2D eigenvalue weighted by atomic mass is 10.1. The number of hydrogen-bond acceptors (Lipinski definition) is 4. The van der Waals surface area contributed by atoms with E-state index in [0.29, 0.717) is 12.8 Å². The average Bonchev–Trinajstić information content (AvgIpc) is 2.70. The molecule has 0 unspecified atom stereocenters. The number of benzene rings is 1. The fraction of sp³-hybridized carbons (Fsp3) is 0.308. The second-order valence-electron chi connectivity index (χ2n) is 4.21. The van der Waals surface area contributed by atoms with Crippen molar-refractivity contribution in [1.29, 1.82) is 0 Å². The van der Waals surface area contributed by atoms with E-state index < -0.39 is 17.5 Å². The number of carboxylic acids is 1. The molecule has 2 rings (SSSR count). The Morgan fingerprint density at radius 1 is 1.28 bits per heavy atom. The van der Waals surface area contributed by atoms with E-state index in [1.54, 1.807) is 0 Å². The summed E-state index contributed by atoms with van der Waals surface area (Å²) in [7, 11) is 0. The first-order valence-corrected chi connectivity index (χ1v) is 5.62. The first kappa shape index (κ1) is 12.3. The van der Waals surface area contributed by atoms with Gasteiger partial charge in [0.1, 0.15) is 6.10 Å². The van der Waals surface area contributed by atoms with Gasteiger partial charge in [0.25, 0.3) is 0 Å². The highest BCUT2D eigenvalue weighted by molar-refractivity contribution is 6.63. The van der Waals surface area contributed by atoms with Gasteiger partial charge in [-0.2, -0.15) is 0 Å². The molecule has 0 heterocycles. The van der Waals surface area contributed by atoms with E-state index in [4.69, 9.17) is 9.94 Å². The largest absolute Gasteiger partial charge is 0.476 e. The van der Waals surface area contributed by atoms with Crippen LogP contribution in [0.4, 0.5) is 0 Å². The summed E-state index contributed by atoms with van der Waals surface area (Å²) in [6.07, 6.45) is 1.17. The molecular weight excluding hydrogens is 234 g/mol. The third kappa shape index (κ3) is 2.56. The molecule has 0 amide bonds. The molecule has 0 bridgehead atoms. The van der Waals surface area contributed by atoms with E-state index in [2.05, 4.69) is 5.16 Å². The van der Waals surface area contributed by atoms with E-state index in [-0.39, 0.29) is 6.10 Å². The Bertz CT molecular complexity index is 480. The van der Waals surface area contributed by atoms with Crippen molar-refractivity contribution < 1.29 is 19.5 Å². The number of ketones is 1. The molecule has 5 heteroatoms. The molecule has 1 N–H and O–H groups in total.